The van der Waals surface area contributed by atoms with Gasteiger partial charge in [-0.25, -0.2) is 14.2 Å². The number of aliphatic hydroxyl groups is 1. The van der Waals surface area contributed by atoms with Gasteiger partial charge in [-0.15, -0.1) is 0 Å². The van der Waals surface area contributed by atoms with E-state index >= 15 is 0 Å². The maximum absolute atomic E-state index is 13.0. The minimum atomic E-state index is -0.937. The van der Waals surface area contributed by atoms with Gasteiger partial charge in [0.2, 0.25) is 5.88 Å². The summed E-state index contributed by atoms with van der Waals surface area (Å²) in [7, 11) is 1.50. The number of pyridine rings is 1. The highest BCUT2D eigenvalue weighted by atomic mass is 19.1. The first-order valence-corrected chi connectivity index (χ1v) is 7.18. The zero-order valence-corrected chi connectivity index (χ0v) is 13.0. The van der Waals surface area contributed by atoms with E-state index in [1.165, 1.54) is 31.5 Å². The summed E-state index contributed by atoms with van der Waals surface area (Å²) in [5.41, 5.74) is 0.485. The second kappa shape index (κ2) is 8.68. The molecule has 1 heterocycles. The number of nitrogens with one attached hydrogen (secondary N) is 2. The Bertz CT molecular complexity index is 667. The van der Waals surface area contributed by atoms with Crippen LogP contribution in [0.15, 0.2) is 42.6 Å². The minimum absolute atomic E-state index is 0.0231. The van der Waals surface area contributed by atoms with Crippen molar-refractivity contribution in [2.45, 2.75) is 6.10 Å². The Labute approximate surface area is 138 Å². The molecule has 7 nitrogen and oxygen atoms in total. The summed E-state index contributed by atoms with van der Waals surface area (Å²) in [6.07, 6.45) is 0.509. The quantitative estimate of drug-likeness (QED) is 0.717. The number of hydrogen-bond acceptors (Lipinski definition) is 5. The lowest BCUT2D eigenvalue weighted by atomic mass is 10.3. The summed E-state index contributed by atoms with van der Waals surface area (Å²) < 4.78 is 23.1. The molecule has 2 amide bonds. The Morgan fingerprint density at radius 3 is 2.88 bits per heavy atom. The summed E-state index contributed by atoms with van der Waals surface area (Å²) in [5, 5.41) is 14.8. The van der Waals surface area contributed by atoms with E-state index in [0.717, 1.165) is 0 Å². The molecule has 0 fully saturated rings. The van der Waals surface area contributed by atoms with Gasteiger partial charge in [0, 0.05) is 18.7 Å². The molecular formula is C16H18FN3O4. The number of halogens is 1. The molecule has 1 aromatic heterocycles. The summed E-state index contributed by atoms with van der Waals surface area (Å²) in [5.74, 6) is 0.321. The maximum atomic E-state index is 13.0. The Balaban J connectivity index is 1.70. The van der Waals surface area contributed by atoms with Crippen LogP contribution < -0.4 is 20.1 Å². The zero-order valence-electron chi connectivity index (χ0n) is 13.0. The average Bonchev–Trinajstić information content (AvgIpc) is 2.59. The van der Waals surface area contributed by atoms with Gasteiger partial charge < -0.3 is 25.2 Å². The predicted molar refractivity (Wildman–Crippen MR) is 85.7 cm³/mol. The number of hydrogen-bond donors (Lipinski definition) is 3. The number of anilines is 1. The molecule has 2 rings (SSSR count). The highest BCUT2D eigenvalue weighted by molar-refractivity contribution is 5.89. The number of methoxy groups -OCH3 is 1. The normalized spacial score (nSPS) is 11.5. The van der Waals surface area contributed by atoms with Crippen LogP contribution >= 0.6 is 0 Å². The third-order valence-corrected chi connectivity index (χ3v) is 2.94. The first kappa shape index (κ1) is 17.5. The average molecular weight is 335 g/mol. The SMILES string of the molecule is COc1ccc(NC(=O)NCC(O)COc2cccc(F)c2)cn1. The van der Waals surface area contributed by atoms with E-state index in [-0.39, 0.29) is 13.2 Å². The van der Waals surface area contributed by atoms with Crippen molar-refractivity contribution in [1.29, 1.82) is 0 Å². The molecule has 24 heavy (non-hydrogen) atoms. The van der Waals surface area contributed by atoms with E-state index in [1.807, 2.05) is 0 Å². The van der Waals surface area contributed by atoms with E-state index < -0.39 is 18.0 Å². The van der Waals surface area contributed by atoms with Crippen molar-refractivity contribution in [3.8, 4) is 11.6 Å². The van der Waals surface area contributed by atoms with Crippen molar-refractivity contribution in [1.82, 2.24) is 10.3 Å². The van der Waals surface area contributed by atoms with Crippen LogP contribution in [0.25, 0.3) is 0 Å². The van der Waals surface area contributed by atoms with E-state index in [4.69, 9.17) is 9.47 Å². The molecule has 1 atom stereocenters. The Morgan fingerprint density at radius 2 is 2.21 bits per heavy atom. The molecule has 0 saturated heterocycles. The van der Waals surface area contributed by atoms with Gasteiger partial charge in [-0.1, -0.05) is 6.07 Å². The minimum Gasteiger partial charge on any atom is -0.491 e. The molecular weight excluding hydrogens is 317 g/mol. The predicted octanol–water partition coefficient (Wildman–Crippen LogP) is 1.79. The molecule has 3 N–H and O–H groups in total. The molecule has 0 bridgehead atoms. The van der Waals surface area contributed by atoms with Crippen LogP contribution in [0.2, 0.25) is 0 Å². The summed E-state index contributed by atoms with van der Waals surface area (Å²) >= 11 is 0. The van der Waals surface area contributed by atoms with Crippen LogP contribution in [0, 0.1) is 5.82 Å². The van der Waals surface area contributed by atoms with Crippen molar-refractivity contribution < 1.29 is 23.8 Å². The lowest BCUT2D eigenvalue weighted by molar-refractivity contribution is 0.108. The van der Waals surface area contributed by atoms with E-state index in [0.29, 0.717) is 17.3 Å². The van der Waals surface area contributed by atoms with Crippen molar-refractivity contribution in [2.75, 3.05) is 25.6 Å². The number of rotatable bonds is 7. The van der Waals surface area contributed by atoms with Gasteiger partial charge >= 0.3 is 6.03 Å². The zero-order chi connectivity index (χ0) is 17.4. The highest BCUT2D eigenvalue weighted by Gasteiger charge is 2.09. The standard InChI is InChI=1S/C16H18FN3O4/c1-23-15-6-5-12(8-18-15)20-16(22)19-9-13(21)10-24-14-4-2-3-11(17)7-14/h2-8,13,21H,9-10H2,1H3,(H2,19,20,22). The Kier molecular flexibility index (Phi) is 6.32. The second-order valence-electron chi connectivity index (χ2n) is 4.85. The number of carbonyl (C=O) groups is 1. The van der Waals surface area contributed by atoms with Crippen LogP contribution in [0.3, 0.4) is 0 Å². The smallest absolute Gasteiger partial charge is 0.319 e. The lowest BCUT2D eigenvalue weighted by Crippen LogP contribution is -2.37. The number of urea groups is 1. The van der Waals surface area contributed by atoms with Crippen molar-refractivity contribution in [2.24, 2.45) is 0 Å². The number of aliphatic hydroxyl groups excluding tert-OH is 1. The number of aromatic nitrogens is 1. The number of benzene rings is 1. The monoisotopic (exact) mass is 335 g/mol. The van der Waals surface area contributed by atoms with Gasteiger partial charge in [-0.05, 0) is 18.2 Å². The topological polar surface area (TPSA) is 92.7 Å². The molecule has 1 unspecified atom stereocenters. The number of nitrogens with zero attached hydrogens (tertiary/aromatic N) is 1. The van der Waals surface area contributed by atoms with Gasteiger partial charge in [0.25, 0.3) is 0 Å². The summed E-state index contributed by atoms with van der Waals surface area (Å²) in [4.78, 5) is 15.7. The van der Waals surface area contributed by atoms with Gasteiger partial charge in [-0.2, -0.15) is 0 Å². The van der Waals surface area contributed by atoms with Crippen LogP contribution in [-0.4, -0.2) is 42.5 Å². The molecule has 0 saturated carbocycles. The van der Waals surface area contributed by atoms with Gasteiger partial charge in [-0.3, -0.25) is 0 Å². The molecule has 2 aromatic rings. The fraction of sp³-hybridized carbons (Fsp3) is 0.250. The maximum Gasteiger partial charge on any atom is 0.319 e. The fourth-order valence-corrected chi connectivity index (χ4v) is 1.77. The summed E-state index contributed by atoms with van der Waals surface area (Å²) in [6.45, 7) is -0.0987. The number of amides is 2. The van der Waals surface area contributed by atoms with Crippen LogP contribution in [0.1, 0.15) is 0 Å². The van der Waals surface area contributed by atoms with E-state index in [1.54, 1.807) is 18.2 Å². The van der Waals surface area contributed by atoms with Crippen LogP contribution in [-0.2, 0) is 0 Å². The van der Waals surface area contributed by atoms with Crippen molar-refractivity contribution in [3.63, 3.8) is 0 Å². The largest absolute Gasteiger partial charge is 0.491 e. The second-order valence-corrected chi connectivity index (χ2v) is 4.85. The fourth-order valence-electron chi connectivity index (χ4n) is 1.77. The molecule has 0 spiro atoms. The highest BCUT2D eigenvalue weighted by Crippen LogP contribution is 2.12. The van der Waals surface area contributed by atoms with Crippen LogP contribution in [0.4, 0.5) is 14.9 Å². The molecule has 0 aliphatic rings. The van der Waals surface area contributed by atoms with E-state index in [2.05, 4.69) is 15.6 Å². The van der Waals surface area contributed by atoms with E-state index in [9.17, 15) is 14.3 Å². The third-order valence-electron chi connectivity index (χ3n) is 2.94. The number of ether oxygens (including phenoxy) is 2. The first-order chi connectivity index (χ1) is 11.6. The van der Waals surface area contributed by atoms with Crippen molar-refractivity contribution in [3.05, 3.63) is 48.4 Å². The third kappa shape index (κ3) is 5.73. The van der Waals surface area contributed by atoms with Gasteiger partial charge in [0.15, 0.2) is 0 Å². The van der Waals surface area contributed by atoms with Crippen molar-refractivity contribution >= 4 is 11.7 Å². The Morgan fingerprint density at radius 1 is 1.38 bits per heavy atom. The molecule has 0 aliphatic carbocycles. The molecule has 0 aliphatic heterocycles. The Hall–Kier alpha value is -2.87. The molecule has 8 heteroatoms. The van der Waals surface area contributed by atoms with Gasteiger partial charge in [0.05, 0.1) is 19.0 Å². The number of carbonyl (C=O) groups excluding carboxylic acids is 1. The molecule has 1 aromatic carbocycles. The summed E-state index contributed by atoms with van der Waals surface area (Å²) in [6, 6.07) is 8.34. The molecule has 0 radical (unpaired) electrons. The van der Waals surface area contributed by atoms with Gasteiger partial charge in [0.1, 0.15) is 24.3 Å². The lowest BCUT2D eigenvalue weighted by Gasteiger charge is -2.14. The molecule has 128 valence electrons. The van der Waals surface area contributed by atoms with Crippen LogP contribution in [0.5, 0.6) is 11.6 Å². The first-order valence-electron chi connectivity index (χ1n) is 7.18.